The fraction of sp³-hybridized carbons (Fsp3) is 0.231. The van der Waals surface area contributed by atoms with Crippen LogP contribution in [0.15, 0.2) is 87.3 Å². The average molecular weight is 398 g/mol. The molecular weight excluding hydrogens is 374 g/mol. The van der Waals surface area contributed by atoms with E-state index in [4.69, 9.17) is 4.99 Å². The van der Waals surface area contributed by atoms with Gasteiger partial charge in [0.15, 0.2) is 5.78 Å². The number of allylic oxidation sites excluding steroid dienone is 4. The quantitative estimate of drug-likeness (QED) is 0.582. The Balaban J connectivity index is 1.61. The first-order chi connectivity index (χ1) is 13.9. The number of ketones is 1. The van der Waals surface area contributed by atoms with Crippen molar-refractivity contribution in [2.75, 3.05) is 0 Å². The molecule has 1 atom stereocenters. The van der Waals surface area contributed by atoms with Crippen molar-refractivity contribution in [1.29, 1.82) is 0 Å². The third kappa shape index (κ3) is 3.14. The smallest absolute Gasteiger partial charge is 0.169 e. The van der Waals surface area contributed by atoms with Crippen molar-refractivity contribution in [3.63, 3.8) is 0 Å². The van der Waals surface area contributed by atoms with Crippen LogP contribution in [0.1, 0.15) is 48.9 Å². The lowest BCUT2D eigenvalue weighted by molar-refractivity contribution is -0.115. The van der Waals surface area contributed by atoms with Crippen LogP contribution in [0.3, 0.4) is 0 Å². The fourth-order valence-corrected chi connectivity index (χ4v) is 5.08. The molecule has 0 fully saturated rings. The van der Waals surface area contributed by atoms with Gasteiger partial charge >= 0.3 is 0 Å². The summed E-state index contributed by atoms with van der Waals surface area (Å²) < 4.78 is 0. The number of fused-ring (bicyclic) bond motifs is 3. The van der Waals surface area contributed by atoms with Gasteiger partial charge in [0.2, 0.25) is 0 Å². The minimum atomic E-state index is -0.343. The van der Waals surface area contributed by atoms with Gasteiger partial charge in [-0.2, -0.15) is 0 Å². The number of nitrogens with zero attached hydrogens (tertiary/aromatic N) is 1. The molecule has 3 aliphatic rings. The van der Waals surface area contributed by atoms with Crippen molar-refractivity contribution in [2.24, 2.45) is 4.99 Å². The maximum atomic E-state index is 13.0. The van der Waals surface area contributed by atoms with Crippen LogP contribution in [0.5, 0.6) is 0 Å². The third-order valence-corrected chi connectivity index (χ3v) is 6.84. The van der Waals surface area contributed by atoms with Crippen LogP contribution in [0, 0.1) is 0 Å². The van der Waals surface area contributed by atoms with Gasteiger partial charge in [-0.05, 0) is 45.2 Å². The van der Waals surface area contributed by atoms with E-state index in [0.29, 0.717) is 0 Å². The molecule has 2 aliphatic carbocycles. The summed E-state index contributed by atoms with van der Waals surface area (Å²) in [5, 5.41) is 2.21. The molecule has 0 aromatic heterocycles. The summed E-state index contributed by atoms with van der Waals surface area (Å²) in [7, 11) is 0. The SMILES string of the molecule is CC(C)(C)c1ccc(C2C(=O)C=CC3=C2N=C2C(=CS3)Cc3ccccc32)cc1. The molecule has 2 aromatic carbocycles. The van der Waals surface area contributed by atoms with Crippen LogP contribution in [-0.4, -0.2) is 11.5 Å². The second-order valence-electron chi connectivity index (χ2n) is 8.85. The lowest BCUT2D eigenvalue weighted by Crippen LogP contribution is -2.18. The predicted octanol–water partition coefficient (Wildman–Crippen LogP) is 6.09. The molecule has 0 N–H and O–H groups in total. The van der Waals surface area contributed by atoms with E-state index in [1.165, 1.54) is 22.3 Å². The molecule has 5 rings (SSSR count). The minimum absolute atomic E-state index is 0.0875. The number of carbonyl (C=O) groups excluding carboxylic acids is 1. The van der Waals surface area contributed by atoms with Gasteiger partial charge in [0.1, 0.15) is 0 Å². The molecule has 29 heavy (non-hydrogen) atoms. The highest BCUT2D eigenvalue weighted by Crippen LogP contribution is 2.43. The summed E-state index contributed by atoms with van der Waals surface area (Å²) in [6.45, 7) is 6.61. The molecule has 0 saturated carbocycles. The van der Waals surface area contributed by atoms with E-state index >= 15 is 0 Å². The first-order valence-corrected chi connectivity index (χ1v) is 10.9. The van der Waals surface area contributed by atoms with Crippen LogP contribution in [0.25, 0.3) is 0 Å². The van der Waals surface area contributed by atoms with Crippen LogP contribution in [0.2, 0.25) is 0 Å². The van der Waals surface area contributed by atoms with Gasteiger partial charge in [-0.15, -0.1) is 0 Å². The summed E-state index contributed by atoms with van der Waals surface area (Å²) >= 11 is 1.69. The van der Waals surface area contributed by atoms with Crippen molar-refractivity contribution < 1.29 is 4.79 Å². The van der Waals surface area contributed by atoms with Crippen LogP contribution < -0.4 is 0 Å². The Hall–Kier alpha value is -2.65. The highest BCUT2D eigenvalue weighted by molar-refractivity contribution is 8.06. The average Bonchev–Trinajstić information content (AvgIpc) is 2.94. The second kappa shape index (κ2) is 6.70. The lowest BCUT2D eigenvalue weighted by atomic mass is 9.83. The van der Waals surface area contributed by atoms with Gasteiger partial charge in [0, 0.05) is 16.9 Å². The first-order valence-electron chi connectivity index (χ1n) is 10.0. The molecule has 1 heterocycles. The zero-order valence-electron chi connectivity index (χ0n) is 16.9. The number of benzene rings is 2. The summed E-state index contributed by atoms with van der Waals surface area (Å²) in [6, 6.07) is 16.9. The second-order valence-corrected chi connectivity index (χ2v) is 9.76. The normalized spacial score (nSPS) is 20.5. The number of aliphatic imine (C=N–C) groups is 1. The monoisotopic (exact) mass is 397 g/mol. The fourth-order valence-electron chi connectivity index (χ4n) is 4.19. The summed E-state index contributed by atoms with van der Waals surface area (Å²) in [6.07, 6.45) is 4.55. The standard InChI is InChI=1S/C26H23NOS/c1-26(2,3)19-10-8-16(9-11-19)23-21(28)12-13-22-25(23)27-24-18(15-29-22)14-17-6-4-5-7-20(17)24/h4-13,15,23H,14H2,1-3H3. The zero-order valence-corrected chi connectivity index (χ0v) is 17.7. The van der Waals surface area contributed by atoms with E-state index in [1.54, 1.807) is 17.8 Å². The predicted molar refractivity (Wildman–Crippen MR) is 121 cm³/mol. The van der Waals surface area contributed by atoms with Crippen LogP contribution in [-0.2, 0) is 16.6 Å². The Morgan fingerprint density at radius 1 is 1.00 bits per heavy atom. The molecule has 0 amide bonds. The van der Waals surface area contributed by atoms with E-state index in [9.17, 15) is 4.79 Å². The Kier molecular flexibility index (Phi) is 4.25. The largest absolute Gasteiger partial charge is 0.294 e. The highest BCUT2D eigenvalue weighted by atomic mass is 32.2. The molecule has 3 heteroatoms. The van der Waals surface area contributed by atoms with Gasteiger partial charge in [0.25, 0.3) is 0 Å². The number of hydrogen-bond donors (Lipinski definition) is 0. The molecule has 0 saturated heterocycles. The van der Waals surface area contributed by atoms with Gasteiger partial charge in [-0.3, -0.25) is 9.79 Å². The van der Waals surface area contributed by atoms with E-state index in [2.05, 4.69) is 74.7 Å². The first kappa shape index (κ1) is 18.4. The molecule has 2 aromatic rings. The number of carbonyl (C=O) groups is 1. The Morgan fingerprint density at radius 2 is 1.76 bits per heavy atom. The van der Waals surface area contributed by atoms with E-state index < -0.39 is 0 Å². The van der Waals surface area contributed by atoms with Crippen molar-refractivity contribution in [3.8, 4) is 0 Å². The maximum Gasteiger partial charge on any atom is 0.169 e. The van der Waals surface area contributed by atoms with E-state index in [-0.39, 0.29) is 17.1 Å². The van der Waals surface area contributed by atoms with Crippen molar-refractivity contribution in [2.45, 2.75) is 38.5 Å². The topological polar surface area (TPSA) is 29.4 Å². The molecule has 1 unspecified atom stereocenters. The van der Waals surface area contributed by atoms with Crippen molar-refractivity contribution >= 4 is 23.3 Å². The van der Waals surface area contributed by atoms with Crippen LogP contribution >= 0.6 is 11.8 Å². The molecule has 0 spiro atoms. The van der Waals surface area contributed by atoms with Crippen LogP contribution in [0.4, 0.5) is 0 Å². The molecule has 1 aliphatic heterocycles. The molecular formula is C26H23NOS. The molecule has 0 bridgehead atoms. The maximum absolute atomic E-state index is 13.0. The van der Waals surface area contributed by atoms with E-state index in [0.717, 1.165) is 28.3 Å². The number of rotatable bonds is 1. The van der Waals surface area contributed by atoms with Crippen molar-refractivity contribution in [3.05, 3.63) is 105 Å². The lowest BCUT2D eigenvalue weighted by Gasteiger charge is -2.23. The summed E-state index contributed by atoms with van der Waals surface area (Å²) in [5.74, 6) is -0.239. The van der Waals surface area contributed by atoms with Crippen molar-refractivity contribution in [1.82, 2.24) is 0 Å². The van der Waals surface area contributed by atoms with Gasteiger partial charge < -0.3 is 0 Å². The summed E-state index contributed by atoms with van der Waals surface area (Å²) in [5.41, 5.74) is 8.02. The van der Waals surface area contributed by atoms with Gasteiger partial charge in [-0.1, -0.05) is 81.1 Å². The Bertz CT molecular complexity index is 1140. The van der Waals surface area contributed by atoms with Gasteiger partial charge in [0.05, 0.1) is 17.3 Å². The van der Waals surface area contributed by atoms with E-state index in [1.807, 2.05) is 6.08 Å². The molecule has 0 radical (unpaired) electrons. The molecule has 2 nitrogen and oxygen atoms in total. The zero-order chi connectivity index (χ0) is 20.2. The Labute approximate surface area is 176 Å². The minimum Gasteiger partial charge on any atom is -0.294 e. The van der Waals surface area contributed by atoms with Gasteiger partial charge in [-0.25, -0.2) is 0 Å². The summed E-state index contributed by atoms with van der Waals surface area (Å²) in [4.78, 5) is 19.2. The highest BCUT2D eigenvalue weighted by Gasteiger charge is 2.33. The third-order valence-electron chi connectivity index (χ3n) is 5.84. The Morgan fingerprint density at radius 3 is 2.52 bits per heavy atom. The number of hydrogen-bond acceptors (Lipinski definition) is 3. The number of thioether (sulfide) groups is 1. The molecule has 144 valence electrons.